The zero-order valence-corrected chi connectivity index (χ0v) is 5.24. The predicted octanol–water partition coefficient (Wildman–Crippen LogP) is -1.51. The normalized spacial score (nSPS) is 12.8. The quantitative estimate of drug-likeness (QED) is 0.490. The minimum absolute atomic E-state index is 0.0731. The summed E-state index contributed by atoms with van der Waals surface area (Å²) in [7, 11) is 0. The maximum Gasteiger partial charge on any atom is 0.269 e. The SMILES string of the molecule is CC(O)C(=O)[N]CCO. The summed E-state index contributed by atoms with van der Waals surface area (Å²) >= 11 is 0. The highest BCUT2D eigenvalue weighted by Crippen LogP contribution is 1.78. The fourth-order valence-electron chi connectivity index (χ4n) is 0.292. The van der Waals surface area contributed by atoms with Crippen LogP contribution >= 0.6 is 0 Å². The summed E-state index contributed by atoms with van der Waals surface area (Å²) in [6, 6.07) is 0. The third-order valence-corrected chi connectivity index (χ3v) is 0.725. The van der Waals surface area contributed by atoms with E-state index in [2.05, 4.69) is 5.32 Å². The van der Waals surface area contributed by atoms with Gasteiger partial charge in [0.25, 0.3) is 5.91 Å². The van der Waals surface area contributed by atoms with Crippen molar-refractivity contribution in [1.29, 1.82) is 0 Å². The molecule has 53 valence electrons. The summed E-state index contributed by atoms with van der Waals surface area (Å²) < 4.78 is 0. The molecule has 1 amide bonds. The molecule has 1 atom stereocenters. The number of aliphatic hydroxyl groups excluding tert-OH is 2. The zero-order chi connectivity index (χ0) is 7.28. The van der Waals surface area contributed by atoms with E-state index in [0.717, 1.165) is 0 Å². The highest BCUT2D eigenvalue weighted by molar-refractivity contribution is 5.79. The molecule has 0 bridgehead atoms. The van der Waals surface area contributed by atoms with E-state index in [1.807, 2.05) is 0 Å². The van der Waals surface area contributed by atoms with E-state index < -0.39 is 12.0 Å². The summed E-state index contributed by atoms with van der Waals surface area (Å²) in [6.07, 6.45) is -1.04. The summed E-state index contributed by atoms with van der Waals surface area (Å²) in [4.78, 5) is 10.4. The molecule has 0 aliphatic rings. The van der Waals surface area contributed by atoms with Crippen LogP contribution in [0.15, 0.2) is 0 Å². The predicted molar refractivity (Wildman–Crippen MR) is 30.8 cm³/mol. The van der Waals surface area contributed by atoms with Crippen molar-refractivity contribution in [2.75, 3.05) is 13.2 Å². The number of nitrogens with zero attached hydrogens (tertiary/aromatic N) is 1. The van der Waals surface area contributed by atoms with Gasteiger partial charge in [0.2, 0.25) is 0 Å². The van der Waals surface area contributed by atoms with Crippen molar-refractivity contribution in [2.24, 2.45) is 0 Å². The van der Waals surface area contributed by atoms with Crippen molar-refractivity contribution < 1.29 is 15.0 Å². The number of rotatable bonds is 3. The van der Waals surface area contributed by atoms with Crippen LogP contribution < -0.4 is 5.32 Å². The van der Waals surface area contributed by atoms with Crippen LogP contribution in [-0.2, 0) is 4.79 Å². The van der Waals surface area contributed by atoms with Crippen LogP contribution in [0.3, 0.4) is 0 Å². The van der Waals surface area contributed by atoms with Gasteiger partial charge in [-0.15, -0.1) is 0 Å². The first-order valence-corrected chi connectivity index (χ1v) is 2.68. The topological polar surface area (TPSA) is 71.6 Å². The van der Waals surface area contributed by atoms with E-state index in [-0.39, 0.29) is 13.2 Å². The van der Waals surface area contributed by atoms with Crippen LogP contribution in [0.5, 0.6) is 0 Å². The average molecular weight is 132 g/mol. The van der Waals surface area contributed by atoms with E-state index >= 15 is 0 Å². The Morgan fingerprint density at radius 2 is 2.33 bits per heavy atom. The Morgan fingerprint density at radius 1 is 1.78 bits per heavy atom. The minimum Gasteiger partial charge on any atom is -0.394 e. The van der Waals surface area contributed by atoms with Crippen LogP contribution in [0.4, 0.5) is 0 Å². The summed E-state index contributed by atoms with van der Waals surface area (Å²) in [5.41, 5.74) is 0. The number of hydrogen-bond donors (Lipinski definition) is 2. The molecule has 0 aliphatic heterocycles. The molecular weight excluding hydrogens is 122 g/mol. The highest BCUT2D eigenvalue weighted by atomic mass is 16.3. The smallest absolute Gasteiger partial charge is 0.269 e. The van der Waals surface area contributed by atoms with Crippen molar-refractivity contribution in [3.63, 3.8) is 0 Å². The van der Waals surface area contributed by atoms with Crippen LogP contribution in [0.1, 0.15) is 6.92 Å². The standard InChI is InChI=1S/C5H10NO3/c1-4(8)5(9)6-2-3-7/h4,7-8H,2-3H2,1H3. The van der Waals surface area contributed by atoms with E-state index in [1.54, 1.807) is 0 Å². The number of carbonyl (C=O) groups excluding carboxylic acids is 1. The van der Waals surface area contributed by atoms with Gasteiger partial charge in [-0.25, -0.2) is 5.32 Å². The summed E-state index contributed by atoms with van der Waals surface area (Å²) in [5.74, 6) is -0.580. The number of carbonyl (C=O) groups is 1. The summed E-state index contributed by atoms with van der Waals surface area (Å²) in [5, 5.41) is 20.0. The van der Waals surface area contributed by atoms with Crippen LogP contribution in [-0.4, -0.2) is 35.4 Å². The lowest BCUT2D eigenvalue weighted by Crippen LogP contribution is -2.28. The molecule has 0 aliphatic carbocycles. The maximum absolute atomic E-state index is 10.4. The van der Waals surface area contributed by atoms with Crippen LogP contribution in [0.2, 0.25) is 0 Å². The molecule has 2 N–H and O–H groups in total. The van der Waals surface area contributed by atoms with Gasteiger partial charge in [-0.2, -0.15) is 0 Å². The van der Waals surface area contributed by atoms with E-state index in [9.17, 15) is 4.79 Å². The fraction of sp³-hybridized carbons (Fsp3) is 0.800. The van der Waals surface area contributed by atoms with Gasteiger partial charge < -0.3 is 10.2 Å². The van der Waals surface area contributed by atoms with Crippen molar-refractivity contribution in [2.45, 2.75) is 13.0 Å². The summed E-state index contributed by atoms with van der Waals surface area (Å²) in [6.45, 7) is 1.26. The van der Waals surface area contributed by atoms with Crippen LogP contribution in [0, 0.1) is 0 Å². The van der Waals surface area contributed by atoms with Gasteiger partial charge in [-0.05, 0) is 6.92 Å². The Hall–Kier alpha value is -0.610. The molecular formula is C5H10NO3. The Bertz CT molecular complexity index is 92.2. The molecule has 0 fully saturated rings. The van der Waals surface area contributed by atoms with Crippen LogP contribution in [0.25, 0.3) is 0 Å². The Kier molecular flexibility index (Phi) is 4.00. The first-order chi connectivity index (χ1) is 4.18. The van der Waals surface area contributed by atoms with Gasteiger partial charge in [0.1, 0.15) is 6.10 Å². The average Bonchev–Trinajstić information content (AvgIpc) is 1.82. The number of amides is 1. The maximum atomic E-state index is 10.4. The molecule has 4 nitrogen and oxygen atoms in total. The third kappa shape index (κ3) is 3.93. The van der Waals surface area contributed by atoms with Crippen molar-refractivity contribution >= 4 is 5.91 Å². The lowest BCUT2D eigenvalue weighted by Gasteiger charge is -2.00. The lowest BCUT2D eigenvalue weighted by molar-refractivity contribution is -0.128. The molecule has 4 heteroatoms. The van der Waals surface area contributed by atoms with Gasteiger partial charge in [-0.3, -0.25) is 4.79 Å². The molecule has 1 unspecified atom stereocenters. The van der Waals surface area contributed by atoms with Gasteiger partial charge in [0.05, 0.1) is 13.2 Å². The third-order valence-electron chi connectivity index (χ3n) is 0.725. The van der Waals surface area contributed by atoms with E-state index in [4.69, 9.17) is 10.2 Å². The molecule has 9 heavy (non-hydrogen) atoms. The molecule has 0 spiro atoms. The van der Waals surface area contributed by atoms with Gasteiger partial charge in [0, 0.05) is 0 Å². The largest absolute Gasteiger partial charge is 0.394 e. The monoisotopic (exact) mass is 132 g/mol. The second kappa shape index (κ2) is 4.29. The molecule has 0 aromatic heterocycles. The molecule has 0 saturated carbocycles. The minimum atomic E-state index is -1.04. The van der Waals surface area contributed by atoms with Gasteiger partial charge in [0.15, 0.2) is 0 Å². The first-order valence-electron chi connectivity index (χ1n) is 2.68. The van der Waals surface area contributed by atoms with Crippen molar-refractivity contribution in [3.05, 3.63) is 0 Å². The van der Waals surface area contributed by atoms with Gasteiger partial charge in [-0.1, -0.05) is 0 Å². The molecule has 0 saturated heterocycles. The van der Waals surface area contributed by atoms with Crippen molar-refractivity contribution in [3.8, 4) is 0 Å². The Balaban J connectivity index is 3.28. The lowest BCUT2D eigenvalue weighted by atomic mass is 10.4. The first kappa shape index (κ1) is 8.39. The van der Waals surface area contributed by atoms with Crippen molar-refractivity contribution in [1.82, 2.24) is 5.32 Å². The zero-order valence-electron chi connectivity index (χ0n) is 5.24. The molecule has 0 rings (SSSR count). The molecule has 0 aromatic carbocycles. The van der Waals surface area contributed by atoms with E-state index in [0.29, 0.717) is 0 Å². The fourth-order valence-corrected chi connectivity index (χ4v) is 0.292. The van der Waals surface area contributed by atoms with E-state index in [1.165, 1.54) is 6.92 Å². The Morgan fingerprint density at radius 3 is 2.67 bits per heavy atom. The number of aliphatic hydroxyl groups is 2. The molecule has 1 radical (unpaired) electrons. The highest BCUT2D eigenvalue weighted by Gasteiger charge is 2.07. The second-order valence-corrected chi connectivity index (χ2v) is 1.62. The molecule has 0 heterocycles. The second-order valence-electron chi connectivity index (χ2n) is 1.62. The Labute approximate surface area is 53.5 Å². The van der Waals surface area contributed by atoms with Gasteiger partial charge >= 0.3 is 0 Å². The molecule has 0 aromatic rings. The number of hydrogen-bond acceptors (Lipinski definition) is 3.